The second kappa shape index (κ2) is 20.7. The van der Waals surface area contributed by atoms with Crippen LogP contribution in [0.15, 0.2) is 59.2 Å². The van der Waals surface area contributed by atoms with Gasteiger partial charge in [-0.15, -0.1) is 0 Å². The Morgan fingerprint density at radius 2 is 0.895 bits per heavy atom. The second-order valence-corrected chi connectivity index (χ2v) is 19.8. The molecule has 0 aromatic heterocycles. The van der Waals surface area contributed by atoms with Gasteiger partial charge < -0.3 is 9.47 Å². The van der Waals surface area contributed by atoms with E-state index in [0.717, 1.165) is 26.4 Å². The van der Waals surface area contributed by atoms with Crippen molar-refractivity contribution < 1.29 is 9.47 Å². The molecule has 0 unspecified atom stereocenters. The second-order valence-electron chi connectivity index (χ2n) is 8.35. The zero-order valence-corrected chi connectivity index (χ0v) is 29.4. The van der Waals surface area contributed by atoms with Crippen LogP contribution in [0.1, 0.15) is 51.4 Å². The van der Waals surface area contributed by atoms with Gasteiger partial charge in [0, 0.05) is 34.5 Å². The first-order chi connectivity index (χ1) is 18.9. The fourth-order valence-electron chi connectivity index (χ4n) is 3.39. The lowest BCUT2D eigenvalue weighted by molar-refractivity contribution is 0.155. The maximum absolute atomic E-state index is 5.91. The maximum atomic E-state index is 5.91. The van der Waals surface area contributed by atoms with Crippen LogP contribution in [0.5, 0.6) is 0 Å². The molecule has 4 heterocycles. The van der Waals surface area contributed by atoms with Gasteiger partial charge in [0.05, 0.1) is 30.2 Å². The first kappa shape index (κ1) is 32.8. The molecule has 0 aromatic rings. The van der Waals surface area contributed by atoms with Crippen molar-refractivity contribution >= 4 is 116 Å². The van der Waals surface area contributed by atoms with Gasteiger partial charge in [-0.1, -0.05) is 141 Å². The van der Waals surface area contributed by atoms with Gasteiger partial charge >= 0.3 is 0 Å². The summed E-state index contributed by atoms with van der Waals surface area (Å²) in [6, 6.07) is 0. The van der Waals surface area contributed by atoms with Crippen molar-refractivity contribution in [3.8, 4) is 0 Å². The topological polar surface area (TPSA) is 18.5 Å². The molecule has 0 saturated carbocycles. The van der Waals surface area contributed by atoms with E-state index in [-0.39, 0.29) is 0 Å². The fourth-order valence-corrected chi connectivity index (χ4v) is 14.5. The predicted molar refractivity (Wildman–Crippen MR) is 193 cm³/mol. The molecule has 0 bridgehead atoms. The van der Waals surface area contributed by atoms with Crippen LogP contribution in [0.25, 0.3) is 0 Å². The van der Waals surface area contributed by atoms with E-state index >= 15 is 0 Å². The van der Waals surface area contributed by atoms with Crippen molar-refractivity contribution in [1.29, 1.82) is 0 Å². The average molecular weight is 699 g/mol. The minimum absolute atomic E-state index is 0.768. The van der Waals surface area contributed by atoms with Gasteiger partial charge in [0.15, 0.2) is 0 Å². The van der Waals surface area contributed by atoms with Crippen molar-refractivity contribution in [2.45, 2.75) is 51.4 Å². The Hall–Kier alpha value is 1.86. The minimum atomic E-state index is 0.768. The van der Waals surface area contributed by atoms with E-state index < -0.39 is 0 Å². The molecule has 4 aliphatic rings. The normalized spacial score (nSPS) is 18.9. The summed E-state index contributed by atoms with van der Waals surface area (Å²) < 4.78 is 17.5. The zero-order chi connectivity index (χ0) is 26.1. The van der Waals surface area contributed by atoms with Crippen molar-refractivity contribution in [1.82, 2.24) is 0 Å². The van der Waals surface area contributed by atoms with Crippen molar-refractivity contribution in [2.75, 3.05) is 37.9 Å². The monoisotopic (exact) mass is 698 g/mol. The highest BCUT2D eigenvalue weighted by Crippen LogP contribution is 2.54. The number of hydrogen-bond acceptors (Lipinski definition) is 12. The van der Waals surface area contributed by atoms with Gasteiger partial charge in [-0.05, 0) is 58.1 Å². The average Bonchev–Trinajstić information content (AvgIpc) is 3.75. The number of ether oxygens (including phenoxy) is 2. The van der Waals surface area contributed by atoms with Gasteiger partial charge in [-0.2, -0.15) is 0 Å². The molecule has 0 aliphatic carbocycles. The van der Waals surface area contributed by atoms with Crippen LogP contribution in [-0.4, -0.2) is 37.9 Å². The van der Waals surface area contributed by atoms with E-state index in [9.17, 15) is 0 Å². The third kappa shape index (κ3) is 13.0. The summed E-state index contributed by atoms with van der Waals surface area (Å²) in [4.78, 5) is 2.71. The summed E-state index contributed by atoms with van der Waals surface area (Å²) in [6.07, 6.45) is 10.2. The van der Waals surface area contributed by atoms with Crippen molar-refractivity contribution in [2.24, 2.45) is 0 Å². The lowest BCUT2D eigenvalue weighted by Gasteiger charge is -2.06. The summed E-state index contributed by atoms with van der Waals surface area (Å²) in [5.74, 6) is 2.56. The van der Waals surface area contributed by atoms with Gasteiger partial charge in [0.1, 0.15) is 0 Å². The molecule has 0 radical (unpaired) electrons. The highest BCUT2D eigenvalue weighted by Gasteiger charge is 2.19. The Balaban J connectivity index is 0.837. The van der Waals surface area contributed by atoms with E-state index in [1.54, 1.807) is 0 Å². The van der Waals surface area contributed by atoms with E-state index in [0.29, 0.717) is 0 Å². The molecule has 0 saturated heterocycles. The molecule has 12 heteroatoms. The lowest BCUT2D eigenvalue weighted by Crippen LogP contribution is -1.97. The van der Waals surface area contributed by atoms with Crippen LogP contribution in [0.4, 0.5) is 0 Å². The molecule has 0 aromatic carbocycles. The molecule has 0 spiro atoms. The first-order valence-corrected chi connectivity index (χ1v) is 22.2. The quantitative estimate of drug-likeness (QED) is 0.0945. The Morgan fingerprint density at radius 1 is 0.474 bits per heavy atom. The highest BCUT2D eigenvalue weighted by atomic mass is 33.1. The number of unbranched alkanes of at least 4 members (excludes halogenated alkanes) is 6. The largest absolute Gasteiger partial charge is 0.376 e. The Labute approximate surface area is 271 Å². The fraction of sp³-hybridized carbons (Fsp3) is 0.538. The van der Waals surface area contributed by atoms with Crippen LogP contribution in [-0.2, 0) is 9.47 Å². The van der Waals surface area contributed by atoms with Gasteiger partial charge in [0.25, 0.3) is 0 Å². The molecular weight excluding hydrogens is 665 g/mol. The van der Waals surface area contributed by atoms with Crippen LogP contribution < -0.4 is 0 Å². The lowest BCUT2D eigenvalue weighted by atomic mass is 10.2. The molecule has 0 N–H and O–H groups in total. The van der Waals surface area contributed by atoms with E-state index in [1.165, 1.54) is 89.6 Å². The van der Waals surface area contributed by atoms with E-state index in [1.807, 2.05) is 94.1 Å². The molecule has 210 valence electrons. The number of hydrogen-bond donors (Lipinski definition) is 0. The van der Waals surface area contributed by atoms with Crippen LogP contribution in [0, 0.1) is 0 Å². The van der Waals surface area contributed by atoms with Gasteiger partial charge in [0.2, 0.25) is 0 Å². The maximum Gasteiger partial charge on any atom is 0.0784 e. The molecule has 0 fully saturated rings. The summed E-state index contributed by atoms with van der Waals surface area (Å²) in [7, 11) is 4.12. The zero-order valence-electron chi connectivity index (χ0n) is 21.3. The Kier molecular flexibility index (Phi) is 17.9. The summed E-state index contributed by atoms with van der Waals surface area (Å²) in [5, 5.41) is 13.2. The van der Waals surface area contributed by atoms with E-state index in [2.05, 4.69) is 54.0 Å². The molecule has 4 rings (SSSR count). The Morgan fingerprint density at radius 3 is 1.34 bits per heavy atom. The standard InChI is InChI=1S/C26H34O2S10/c1(5-9-27-17-21-19-33-25(37-21)23-29-13-14-30-23)3-7-11-35-36-12-8-4-2-6-10-28-18-22-20-34-26(38-22)24-31-15-16-32-24/h13-16,19-20H,1-12,17-18H2. The number of rotatable bonds is 19. The first-order valence-electron chi connectivity index (χ1n) is 12.8. The summed E-state index contributed by atoms with van der Waals surface area (Å²) >= 11 is 14.8. The summed E-state index contributed by atoms with van der Waals surface area (Å²) in [6.45, 7) is 3.31. The molecule has 38 heavy (non-hydrogen) atoms. The number of thioether (sulfide) groups is 8. The molecule has 2 nitrogen and oxygen atoms in total. The van der Waals surface area contributed by atoms with Crippen LogP contribution >= 0.6 is 116 Å². The van der Waals surface area contributed by atoms with E-state index in [4.69, 9.17) is 9.47 Å². The minimum Gasteiger partial charge on any atom is -0.376 e. The highest BCUT2D eigenvalue weighted by molar-refractivity contribution is 8.76. The molecular formula is C26H34O2S10. The molecule has 0 amide bonds. The predicted octanol–water partition coefficient (Wildman–Crippen LogP) is 12.3. The SMILES string of the molecule is C1=CSC(=C2SC=C(COCCCCCCSSCCCCCCOCC3=CSC(=C4SC=CS4)S3)S2)S1. The molecule has 4 aliphatic heterocycles. The van der Waals surface area contributed by atoms with Gasteiger partial charge in [-0.3, -0.25) is 0 Å². The van der Waals surface area contributed by atoms with Crippen LogP contribution in [0.3, 0.4) is 0 Å². The third-order valence-corrected chi connectivity index (χ3v) is 18.0. The van der Waals surface area contributed by atoms with Crippen LogP contribution in [0.2, 0.25) is 0 Å². The third-order valence-electron chi connectivity index (χ3n) is 5.29. The smallest absolute Gasteiger partial charge is 0.0784 e. The Bertz CT molecular complexity index is 831. The molecule has 0 atom stereocenters. The summed E-state index contributed by atoms with van der Waals surface area (Å²) in [5.41, 5.74) is 0. The van der Waals surface area contributed by atoms with Crippen molar-refractivity contribution in [3.63, 3.8) is 0 Å². The van der Waals surface area contributed by atoms with Gasteiger partial charge in [-0.25, -0.2) is 0 Å². The van der Waals surface area contributed by atoms with Crippen molar-refractivity contribution in [3.05, 3.63) is 59.2 Å².